The lowest BCUT2D eigenvalue weighted by atomic mass is 10.1. The predicted molar refractivity (Wildman–Crippen MR) is 74.4 cm³/mol. The fourth-order valence-corrected chi connectivity index (χ4v) is 2.10. The highest BCUT2D eigenvalue weighted by molar-refractivity contribution is 7.99. The van der Waals surface area contributed by atoms with Crippen molar-refractivity contribution in [3.63, 3.8) is 0 Å². The number of aromatic carboxylic acids is 1. The molecule has 1 aromatic carbocycles. The van der Waals surface area contributed by atoms with Gasteiger partial charge < -0.3 is 9.84 Å². The van der Waals surface area contributed by atoms with Crippen LogP contribution in [-0.2, 0) is 4.74 Å². The molecular formula is C14H20O3S. The van der Waals surface area contributed by atoms with Crippen LogP contribution < -0.4 is 0 Å². The van der Waals surface area contributed by atoms with E-state index >= 15 is 0 Å². The Hall–Kier alpha value is -1.00. The molecule has 0 aromatic heterocycles. The van der Waals surface area contributed by atoms with Gasteiger partial charge in [0.1, 0.15) is 0 Å². The van der Waals surface area contributed by atoms with Crippen molar-refractivity contribution in [2.24, 2.45) is 5.92 Å². The Morgan fingerprint density at radius 3 is 2.50 bits per heavy atom. The Morgan fingerprint density at radius 1 is 1.28 bits per heavy atom. The van der Waals surface area contributed by atoms with Crippen molar-refractivity contribution in [2.45, 2.75) is 25.2 Å². The Labute approximate surface area is 113 Å². The first-order chi connectivity index (χ1) is 8.59. The number of carbonyl (C=O) groups is 1. The lowest BCUT2D eigenvalue weighted by Crippen LogP contribution is -2.02. The van der Waals surface area contributed by atoms with Gasteiger partial charge in [0.25, 0.3) is 0 Å². The maximum atomic E-state index is 10.7. The summed E-state index contributed by atoms with van der Waals surface area (Å²) in [7, 11) is 0. The molecule has 0 radical (unpaired) electrons. The number of benzene rings is 1. The Kier molecular flexibility index (Phi) is 6.83. The normalized spacial score (nSPS) is 10.8. The van der Waals surface area contributed by atoms with Gasteiger partial charge in [-0.05, 0) is 36.6 Å². The third-order valence-corrected chi connectivity index (χ3v) is 3.41. The summed E-state index contributed by atoms with van der Waals surface area (Å²) >= 11 is 1.68. The van der Waals surface area contributed by atoms with Gasteiger partial charge in [0.05, 0.1) is 12.2 Å². The molecule has 18 heavy (non-hydrogen) atoms. The van der Waals surface area contributed by atoms with Gasteiger partial charge in [-0.3, -0.25) is 0 Å². The van der Waals surface area contributed by atoms with Crippen molar-refractivity contribution >= 4 is 17.7 Å². The van der Waals surface area contributed by atoms with Crippen molar-refractivity contribution in [3.05, 3.63) is 29.8 Å². The molecule has 0 atom stereocenters. The number of hydrogen-bond acceptors (Lipinski definition) is 3. The van der Waals surface area contributed by atoms with E-state index in [4.69, 9.17) is 9.84 Å². The molecule has 0 spiro atoms. The van der Waals surface area contributed by atoms with Crippen LogP contribution in [0.5, 0.6) is 0 Å². The van der Waals surface area contributed by atoms with E-state index in [0.717, 1.165) is 30.3 Å². The third kappa shape index (κ3) is 6.07. The van der Waals surface area contributed by atoms with E-state index in [2.05, 4.69) is 13.8 Å². The highest BCUT2D eigenvalue weighted by atomic mass is 32.2. The van der Waals surface area contributed by atoms with Gasteiger partial charge in [-0.1, -0.05) is 13.8 Å². The van der Waals surface area contributed by atoms with E-state index < -0.39 is 5.97 Å². The SMILES string of the molecule is CC(C)CCOCCSc1ccc(C(=O)O)cc1. The molecule has 1 N–H and O–H groups in total. The average Bonchev–Trinajstić information content (AvgIpc) is 2.34. The fraction of sp³-hybridized carbons (Fsp3) is 0.500. The van der Waals surface area contributed by atoms with Crippen LogP contribution in [0.4, 0.5) is 0 Å². The smallest absolute Gasteiger partial charge is 0.335 e. The molecule has 0 aliphatic carbocycles. The Balaban J connectivity index is 2.17. The summed E-state index contributed by atoms with van der Waals surface area (Å²) in [5.74, 6) is 0.689. The molecule has 0 bridgehead atoms. The van der Waals surface area contributed by atoms with Gasteiger partial charge >= 0.3 is 5.97 Å². The first kappa shape index (κ1) is 15.1. The molecule has 0 unspecified atom stereocenters. The highest BCUT2D eigenvalue weighted by Crippen LogP contribution is 2.18. The zero-order valence-electron chi connectivity index (χ0n) is 10.9. The molecule has 0 saturated carbocycles. The molecule has 0 aliphatic rings. The molecule has 0 amide bonds. The first-order valence-electron chi connectivity index (χ1n) is 6.13. The van der Waals surface area contributed by atoms with Gasteiger partial charge in [0.2, 0.25) is 0 Å². The molecular weight excluding hydrogens is 248 g/mol. The molecule has 0 aliphatic heterocycles. The summed E-state index contributed by atoms with van der Waals surface area (Å²) in [6.07, 6.45) is 1.10. The van der Waals surface area contributed by atoms with Crippen molar-refractivity contribution in [2.75, 3.05) is 19.0 Å². The molecule has 3 nitrogen and oxygen atoms in total. The van der Waals surface area contributed by atoms with E-state index in [1.54, 1.807) is 23.9 Å². The second-order valence-electron chi connectivity index (χ2n) is 4.47. The minimum atomic E-state index is -0.886. The summed E-state index contributed by atoms with van der Waals surface area (Å²) in [6, 6.07) is 6.93. The van der Waals surface area contributed by atoms with Crippen LogP contribution in [0.2, 0.25) is 0 Å². The van der Waals surface area contributed by atoms with Crippen LogP contribution in [0.25, 0.3) is 0 Å². The summed E-state index contributed by atoms with van der Waals surface area (Å²) in [5.41, 5.74) is 0.326. The Bertz CT molecular complexity index is 360. The number of thioether (sulfide) groups is 1. The van der Waals surface area contributed by atoms with Gasteiger partial charge in [0, 0.05) is 17.3 Å². The maximum Gasteiger partial charge on any atom is 0.335 e. The summed E-state index contributed by atoms with van der Waals surface area (Å²) in [6.45, 7) is 5.92. The van der Waals surface area contributed by atoms with Gasteiger partial charge in [-0.15, -0.1) is 11.8 Å². The van der Waals surface area contributed by atoms with Crippen molar-refractivity contribution in [3.8, 4) is 0 Å². The molecule has 1 aromatic rings. The van der Waals surface area contributed by atoms with Gasteiger partial charge in [-0.25, -0.2) is 4.79 Å². The fourth-order valence-electron chi connectivity index (χ4n) is 1.33. The Morgan fingerprint density at radius 2 is 1.94 bits per heavy atom. The van der Waals surface area contributed by atoms with Crippen LogP contribution in [0.1, 0.15) is 30.6 Å². The van der Waals surface area contributed by atoms with Crippen molar-refractivity contribution in [1.29, 1.82) is 0 Å². The minimum Gasteiger partial charge on any atom is -0.478 e. The topological polar surface area (TPSA) is 46.5 Å². The second kappa shape index (κ2) is 8.16. The van der Waals surface area contributed by atoms with Gasteiger partial charge in [0.15, 0.2) is 0 Å². The molecule has 0 heterocycles. The molecule has 4 heteroatoms. The number of hydrogen-bond donors (Lipinski definition) is 1. The molecule has 0 fully saturated rings. The van der Waals surface area contributed by atoms with Gasteiger partial charge in [-0.2, -0.15) is 0 Å². The first-order valence-corrected chi connectivity index (χ1v) is 7.12. The van der Waals surface area contributed by atoms with Crippen LogP contribution in [0.15, 0.2) is 29.2 Å². The standard InChI is InChI=1S/C14H20O3S/c1-11(2)7-8-17-9-10-18-13-5-3-12(4-6-13)14(15)16/h3-6,11H,7-10H2,1-2H3,(H,15,16). The monoisotopic (exact) mass is 268 g/mol. The second-order valence-corrected chi connectivity index (χ2v) is 5.64. The molecule has 0 saturated heterocycles. The predicted octanol–water partition coefficient (Wildman–Crippen LogP) is 3.54. The van der Waals surface area contributed by atoms with Crippen molar-refractivity contribution in [1.82, 2.24) is 0 Å². The minimum absolute atomic E-state index is 0.326. The largest absolute Gasteiger partial charge is 0.478 e. The highest BCUT2D eigenvalue weighted by Gasteiger charge is 2.01. The van der Waals surface area contributed by atoms with E-state index in [0.29, 0.717) is 11.5 Å². The lowest BCUT2D eigenvalue weighted by molar-refractivity contribution is 0.0697. The maximum absolute atomic E-state index is 10.7. The summed E-state index contributed by atoms with van der Waals surface area (Å²) < 4.78 is 5.51. The zero-order valence-corrected chi connectivity index (χ0v) is 11.7. The van der Waals surface area contributed by atoms with E-state index in [1.165, 1.54) is 0 Å². The van der Waals surface area contributed by atoms with E-state index in [1.807, 2.05) is 12.1 Å². The average molecular weight is 268 g/mol. The zero-order chi connectivity index (χ0) is 13.4. The van der Waals surface area contributed by atoms with Crippen LogP contribution in [-0.4, -0.2) is 30.0 Å². The number of carboxylic acid groups (broad SMARTS) is 1. The number of rotatable bonds is 8. The van der Waals surface area contributed by atoms with Crippen LogP contribution in [0, 0.1) is 5.92 Å². The van der Waals surface area contributed by atoms with E-state index in [-0.39, 0.29) is 0 Å². The molecule has 100 valence electrons. The third-order valence-electron chi connectivity index (χ3n) is 2.44. The van der Waals surface area contributed by atoms with Crippen molar-refractivity contribution < 1.29 is 14.6 Å². The quantitative estimate of drug-likeness (QED) is 0.578. The summed E-state index contributed by atoms with van der Waals surface area (Å²) in [5, 5.41) is 8.77. The van der Waals surface area contributed by atoms with E-state index in [9.17, 15) is 4.79 Å². The molecule has 1 rings (SSSR count). The number of ether oxygens (including phenoxy) is 1. The number of carboxylic acids is 1. The summed E-state index contributed by atoms with van der Waals surface area (Å²) in [4.78, 5) is 11.7. The lowest BCUT2D eigenvalue weighted by Gasteiger charge is -2.06. The van der Waals surface area contributed by atoms with Crippen LogP contribution in [0.3, 0.4) is 0 Å². The van der Waals surface area contributed by atoms with Crippen LogP contribution >= 0.6 is 11.8 Å².